The third-order valence-corrected chi connectivity index (χ3v) is 2.90. The second-order valence-electron chi connectivity index (χ2n) is 4.25. The summed E-state index contributed by atoms with van der Waals surface area (Å²) in [5, 5.41) is 8.92. The van der Waals surface area contributed by atoms with Crippen molar-refractivity contribution in [2.24, 2.45) is 0 Å². The number of carbonyl (C=O) groups is 1. The van der Waals surface area contributed by atoms with Gasteiger partial charge >= 0.3 is 5.97 Å². The third-order valence-electron chi connectivity index (χ3n) is 2.90. The summed E-state index contributed by atoms with van der Waals surface area (Å²) < 4.78 is 12.2. The number of aromatic carboxylic acids is 1. The normalized spacial score (nSPS) is 10.1. The van der Waals surface area contributed by atoms with Crippen LogP contribution in [0.1, 0.15) is 10.4 Å². The molecule has 0 bridgehead atoms. The van der Waals surface area contributed by atoms with Crippen LogP contribution in [0.15, 0.2) is 47.4 Å². The van der Waals surface area contributed by atoms with Crippen LogP contribution in [0.3, 0.4) is 0 Å². The largest absolute Gasteiger partial charge is 0.493 e. The molecule has 0 saturated carbocycles. The third kappa shape index (κ3) is 3.62. The predicted octanol–water partition coefficient (Wildman–Crippen LogP) is 1.63. The van der Waals surface area contributed by atoms with Crippen molar-refractivity contribution in [1.29, 1.82) is 0 Å². The predicted molar refractivity (Wildman–Crippen MR) is 76.2 cm³/mol. The van der Waals surface area contributed by atoms with Crippen molar-refractivity contribution in [3.63, 3.8) is 0 Å². The maximum Gasteiger partial charge on any atom is 0.335 e. The van der Waals surface area contributed by atoms with Crippen molar-refractivity contribution in [3.05, 3.63) is 58.5 Å². The van der Waals surface area contributed by atoms with E-state index in [9.17, 15) is 9.59 Å². The second kappa shape index (κ2) is 6.60. The van der Waals surface area contributed by atoms with Gasteiger partial charge in [-0.25, -0.2) is 4.79 Å². The topological polar surface area (TPSA) is 77.8 Å². The standard InChI is InChI=1S/C15H15NO5/c1-20-13-10-11(15(18)19)5-6-12(13)21-9-8-16-7-3-2-4-14(16)17/h2-7,10H,8-9H2,1H3,(H,18,19). The lowest BCUT2D eigenvalue weighted by atomic mass is 10.2. The molecule has 1 aromatic carbocycles. The van der Waals surface area contributed by atoms with Crippen LogP contribution in [-0.4, -0.2) is 29.4 Å². The molecule has 1 heterocycles. The van der Waals surface area contributed by atoms with Crippen molar-refractivity contribution in [2.75, 3.05) is 13.7 Å². The monoisotopic (exact) mass is 289 g/mol. The summed E-state index contributed by atoms with van der Waals surface area (Å²) >= 11 is 0. The number of methoxy groups -OCH3 is 1. The summed E-state index contributed by atoms with van der Waals surface area (Å²) in [4.78, 5) is 22.4. The number of carboxylic acids is 1. The van der Waals surface area contributed by atoms with E-state index in [1.807, 2.05) is 0 Å². The van der Waals surface area contributed by atoms with Gasteiger partial charge in [0.1, 0.15) is 6.61 Å². The Morgan fingerprint density at radius 2 is 2.05 bits per heavy atom. The van der Waals surface area contributed by atoms with Crippen LogP contribution < -0.4 is 15.0 Å². The average Bonchev–Trinajstić information content (AvgIpc) is 2.49. The second-order valence-corrected chi connectivity index (χ2v) is 4.25. The van der Waals surface area contributed by atoms with Crippen LogP contribution in [0.2, 0.25) is 0 Å². The molecule has 0 fully saturated rings. The van der Waals surface area contributed by atoms with Crippen molar-refractivity contribution in [2.45, 2.75) is 6.54 Å². The van der Waals surface area contributed by atoms with Crippen LogP contribution >= 0.6 is 0 Å². The Balaban J connectivity index is 2.05. The molecule has 0 amide bonds. The van der Waals surface area contributed by atoms with E-state index in [1.165, 1.54) is 35.9 Å². The van der Waals surface area contributed by atoms with Gasteiger partial charge in [0.25, 0.3) is 5.56 Å². The Morgan fingerprint density at radius 1 is 1.24 bits per heavy atom. The molecule has 0 aliphatic heterocycles. The first-order chi connectivity index (χ1) is 10.1. The summed E-state index contributed by atoms with van der Waals surface area (Å²) in [7, 11) is 1.44. The van der Waals surface area contributed by atoms with Crippen molar-refractivity contribution in [3.8, 4) is 11.5 Å². The highest BCUT2D eigenvalue weighted by molar-refractivity contribution is 5.88. The average molecular weight is 289 g/mol. The van der Waals surface area contributed by atoms with Crippen LogP contribution in [0.25, 0.3) is 0 Å². The smallest absolute Gasteiger partial charge is 0.335 e. The molecule has 6 heteroatoms. The molecule has 6 nitrogen and oxygen atoms in total. The molecule has 21 heavy (non-hydrogen) atoms. The Bertz CT molecular complexity index is 692. The summed E-state index contributed by atoms with van der Waals surface area (Å²) in [6.45, 7) is 0.663. The minimum atomic E-state index is -1.03. The molecule has 0 saturated heterocycles. The molecule has 1 aromatic heterocycles. The van der Waals surface area contributed by atoms with E-state index in [4.69, 9.17) is 14.6 Å². The molecule has 0 spiro atoms. The number of carboxylic acid groups (broad SMARTS) is 1. The lowest BCUT2D eigenvalue weighted by Crippen LogP contribution is -2.21. The van der Waals surface area contributed by atoms with Crippen molar-refractivity contribution >= 4 is 5.97 Å². The maximum atomic E-state index is 11.5. The molecular weight excluding hydrogens is 274 g/mol. The fraction of sp³-hybridized carbons (Fsp3) is 0.200. The minimum Gasteiger partial charge on any atom is -0.493 e. The number of ether oxygens (including phenoxy) is 2. The minimum absolute atomic E-state index is 0.103. The number of aromatic nitrogens is 1. The molecule has 0 radical (unpaired) electrons. The number of hydrogen-bond donors (Lipinski definition) is 1. The van der Waals surface area contributed by atoms with Gasteiger partial charge in [0.15, 0.2) is 11.5 Å². The van der Waals surface area contributed by atoms with Gasteiger partial charge in [0.05, 0.1) is 19.2 Å². The molecule has 0 atom stereocenters. The van der Waals surface area contributed by atoms with Gasteiger partial charge in [-0.1, -0.05) is 6.07 Å². The van der Waals surface area contributed by atoms with Crippen LogP contribution in [0.5, 0.6) is 11.5 Å². The summed E-state index contributed by atoms with van der Waals surface area (Å²) in [6, 6.07) is 9.29. The molecule has 2 aromatic rings. The Kier molecular flexibility index (Phi) is 4.61. The van der Waals surface area contributed by atoms with E-state index >= 15 is 0 Å². The number of rotatable bonds is 6. The fourth-order valence-corrected chi connectivity index (χ4v) is 1.82. The summed E-state index contributed by atoms with van der Waals surface area (Å²) in [5.74, 6) is -0.252. The van der Waals surface area contributed by atoms with E-state index < -0.39 is 5.97 Å². The number of nitrogens with zero attached hydrogens (tertiary/aromatic N) is 1. The first-order valence-electron chi connectivity index (χ1n) is 6.31. The Hall–Kier alpha value is -2.76. The Labute approximate surface area is 121 Å². The Morgan fingerprint density at radius 3 is 2.71 bits per heavy atom. The van der Waals surface area contributed by atoms with Gasteiger partial charge < -0.3 is 19.1 Å². The van der Waals surface area contributed by atoms with E-state index in [0.717, 1.165) is 0 Å². The lowest BCUT2D eigenvalue weighted by Gasteiger charge is -2.12. The zero-order valence-electron chi connectivity index (χ0n) is 11.5. The van der Waals surface area contributed by atoms with Gasteiger partial charge in [0, 0.05) is 12.3 Å². The first-order valence-corrected chi connectivity index (χ1v) is 6.31. The zero-order valence-corrected chi connectivity index (χ0v) is 11.5. The fourth-order valence-electron chi connectivity index (χ4n) is 1.82. The van der Waals surface area contributed by atoms with Gasteiger partial charge in [-0.05, 0) is 24.3 Å². The highest BCUT2D eigenvalue weighted by Crippen LogP contribution is 2.28. The summed E-state index contributed by atoms with van der Waals surface area (Å²) in [5.41, 5.74) is 0.0211. The van der Waals surface area contributed by atoms with E-state index in [0.29, 0.717) is 18.0 Å². The lowest BCUT2D eigenvalue weighted by molar-refractivity contribution is 0.0696. The summed E-state index contributed by atoms with van der Waals surface area (Å²) in [6.07, 6.45) is 1.68. The molecule has 0 unspecified atom stereocenters. The number of benzene rings is 1. The number of pyridine rings is 1. The molecular formula is C15H15NO5. The molecule has 1 N–H and O–H groups in total. The molecule has 2 rings (SSSR count). The van der Waals surface area contributed by atoms with Crippen LogP contribution in [-0.2, 0) is 6.54 Å². The van der Waals surface area contributed by atoms with E-state index in [-0.39, 0.29) is 17.7 Å². The number of hydrogen-bond acceptors (Lipinski definition) is 4. The first kappa shape index (κ1) is 14.6. The van der Waals surface area contributed by atoms with E-state index in [1.54, 1.807) is 18.3 Å². The molecule has 0 aliphatic carbocycles. The SMILES string of the molecule is COc1cc(C(=O)O)ccc1OCCn1ccccc1=O. The highest BCUT2D eigenvalue weighted by Gasteiger charge is 2.09. The van der Waals surface area contributed by atoms with Crippen LogP contribution in [0.4, 0.5) is 0 Å². The van der Waals surface area contributed by atoms with Crippen molar-refractivity contribution in [1.82, 2.24) is 4.57 Å². The van der Waals surface area contributed by atoms with Crippen LogP contribution in [0, 0.1) is 0 Å². The quantitative estimate of drug-likeness (QED) is 0.874. The highest BCUT2D eigenvalue weighted by atomic mass is 16.5. The van der Waals surface area contributed by atoms with E-state index in [2.05, 4.69) is 0 Å². The molecule has 110 valence electrons. The van der Waals surface area contributed by atoms with Gasteiger partial charge in [-0.2, -0.15) is 0 Å². The van der Waals surface area contributed by atoms with Gasteiger partial charge in [-0.15, -0.1) is 0 Å². The maximum absolute atomic E-state index is 11.5. The van der Waals surface area contributed by atoms with Gasteiger partial charge in [0.2, 0.25) is 0 Å². The zero-order chi connectivity index (χ0) is 15.2. The van der Waals surface area contributed by atoms with Crippen molar-refractivity contribution < 1.29 is 19.4 Å². The molecule has 0 aliphatic rings. The van der Waals surface area contributed by atoms with Gasteiger partial charge in [-0.3, -0.25) is 4.79 Å².